The van der Waals surface area contributed by atoms with E-state index >= 15 is 0 Å². The lowest BCUT2D eigenvalue weighted by Gasteiger charge is -2.15. The summed E-state index contributed by atoms with van der Waals surface area (Å²) in [6.45, 7) is 3.91. The Balaban J connectivity index is 2.32. The first-order chi connectivity index (χ1) is 9.99. The highest BCUT2D eigenvalue weighted by molar-refractivity contribution is 6.30. The maximum Gasteiger partial charge on any atom is 0.165 e. The van der Waals surface area contributed by atoms with Crippen LogP contribution >= 0.6 is 11.6 Å². The number of rotatable bonds is 5. The molecular weight excluding hydrogens is 289 g/mol. The van der Waals surface area contributed by atoms with Gasteiger partial charge in [0.1, 0.15) is 5.75 Å². The van der Waals surface area contributed by atoms with Crippen molar-refractivity contribution in [3.8, 4) is 11.5 Å². The van der Waals surface area contributed by atoms with Gasteiger partial charge < -0.3 is 10.5 Å². The van der Waals surface area contributed by atoms with E-state index in [1.165, 1.54) is 6.07 Å². The minimum Gasteiger partial charge on any atom is -0.454 e. The van der Waals surface area contributed by atoms with Gasteiger partial charge in [0.15, 0.2) is 11.6 Å². The van der Waals surface area contributed by atoms with E-state index in [9.17, 15) is 4.39 Å². The van der Waals surface area contributed by atoms with Crippen molar-refractivity contribution in [3.63, 3.8) is 0 Å². The van der Waals surface area contributed by atoms with Gasteiger partial charge in [-0.1, -0.05) is 24.6 Å². The molecule has 0 spiro atoms. The summed E-state index contributed by atoms with van der Waals surface area (Å²) in [7, 11) is 0. The molecule has 1 unspecified atom stereocenters. The molecule has 0 aliphatic rings. The normalized spacial score (nSPS) is 12.2. The molecule has 0 fully saturated rings. The van der Waals surface area contributed by atoms with E-state index in [-0.39, 0.29) is 17.6 Å². The molecule has 4 heteroatoms. The van der Waals surface area contributed by atoms with Crippen molar-refractivity contribution < 1.29 is 9.13 Å². The molecule has 0 saturated heterocycles. The van der Waals surface area contributed by atoms with E-state index in [2.05, 4.69) is 0 Å². The highest BCUT2D eigenvalue weighted by Gasteiger charge is 2.12. The average molecular weight is 308 g/mol. The Morgan fingerprint density at radius 2 is 1.95 bits per heavy atom. The molecule has 0 aliphatic carbocycles. The summed E-state index contributed by atoms with van der Waals surface area (Å²) in [6.07, 6.45) is 1.49. The van der Waals surface area contributed by atoms with E-state index in [1.54, 1.807) is 24.3 Å². The first kappa shape index (κ1) is 15.8. The fourth-order valence-electron chi connectivity index (χ4n) is 2.04. The Kier molecular flexibility index (Phi) is 5.21. The van der Waals surface area contributed by atoms with E-state index in [0.29, 0.717) is 17.2 Å². The zero-order valence-electron chi connectivity index (χ0n) is 12.2. The molecule has 2 aromatic rings. The number of hydrogen-bond donors (Lipinski definition) is 1. The SMILES string of the molecule is CCC(N)Cc1cc(Cl)ccc1Oc1cc(C)ccc1F. The molecule has 0 aliphatic heterocycles. The standard InChI is InChI=1S/C17H19ClFNO/c1-3-14(20)10-12-9-13(18)5-7-16(12)21-17-8-11(2)4-6-15(17)19/h4-9,14H,3,10,20H2,1-2H3. The highest BCUT2D eigenvalue weighted by Crippen LogP contribution is 2.31. The van der Waals surface area contributed by atoms with Gasteiger partial charge in [0.05, 0.1) is 0 Å². The molecule has 0 aromatic heterocycles. The first-order valence-corrected chi connectivity index (χ1v) is 7.35. The van der Waals surface area contributed by atoms with E-state index in [1.807, 2.05) is 19.9 Å². The van der Waals surface area contributed by atoms with Crippen molar-refractivity contribution in [2.24, 2.45) is 5.73 Å². The van der Waals surface area contributed by atoms with Gasteiger partial charge in [0.2, 0.25) is 0 Å². The number of benzene rings is 2. The predicted molar refractivity (Wildman–Crippen MR) is 84.6 cm³/mol. The molecule has 21 heavy (non-hydrogen) atoms. The van der Waals surface area contributed by atoms with Crippen LogP contribution in [0.3, 0.4) is 0 Å². The monoisotopic (exact) mass is 307 g/mol. The van der Waals surface area contributed by atoms with Crippen molar-refractivity contribution >= 4 is 11.6 Å². The second-order valence-electron chi connectivity index (χ2n) is 5.16. The number of aryl methyl sites for hydroxylation is 1. The molecular formula is C17H19ClFNO. The lowest BCUT2D eigenvalue weighted by Crippen LogP contribution is -2.21. The van der Waals surface area contributed by atoms with Crippen LogP contribution in [-0.4, -0.2) is 6.04 Å². The Bertz CT molecular complexity index is 630. The van der Waals surface area contributed by atoms with Crippen LogP contribution in [0.1, 0.15) is 24.5 Å². The zero-order chi connectivity index (χ0) is 15.4. The average Bonchev–Trinajstić information content (AvgIpc) is 2.45. The third-order valence-electron chi connectivity index (χ3n) is 3.34. The Morgan fingerprint density at radius 1 is 1.19 bits per heavy atom. The van der Waals surface area contributed by atoms with Gasteiger partial charge in [-0.15, -0.1) is 0 Å². The third-order valence-corrected chi connectivity index (χ3v) is 3.57. The van der Waals surface area contributed by atoms with Crippen LogP contribution in [0.15, 0.2) is 36.4 Å². The van der Waals surface area contributed by atoms with Crippen LogP contribution < -0.4 is 10.5 Å². The van der Waals surface area contributed by atoms with Crippen molar-refractivity contribution in [2.75, 3.05) is 0 Å². The van der Waals surface area contributed by atoms with Gasteiger partial charge in [-0.2, -0.15) is 0 Å². The van der Waals surface area contributed by atoms with Crippen molar-refractivity contribution in [1.29, 1.82) is 0 Å². The number of hydrogen-bond acceptors (Lipinski definition) is 2. The molecule has 2 aromatic carbocycles. The van der Waals surface area contributed by atoms with Crippen LogP contribution in [0.2, 0.25) is 5.02 Å². The van der Waals surface area contributed by atoms with Gasteiger partial charge in [-0.3, -0.25) is 0 Å². The minimum atomic E-state index is -0.388. The number of ether oxygens (including phenoxy) is 1. The molecule has 0 amide bonds. The Morgan fingerprint density at radius 3 is 2.67 bits per heavy atom. The largest absolute Gasteiger partial charge is 0.454 e. The summed E-state index contributed by atoms with van der Waals surface area (Å²) in [5, 5.41) is 0.616. The molecule has 0 radical (unpaired) electrons. The van der Waals surface area contributed by atoms with Crippen LogP contribution in [0.5, 0.6) is 11.5 Å². The lowest BCUT2D eigenvalue weighted by molar-refractivity contribution is 0.435. The van der Waals surface area contributed by atoms with E-state index < -0.39 is 0 Å². The summed E-state index contributed by atoms with van der Waals surface area (Å²) in [6, 6.07) is 10.1. The summed E-state index contributed by atoms with van der Waals surface area (Å²) in [4.78, 5) is 0. The molecule has 0 saturated carbocycles. The zero-order valence-corrected chi connectivity index (χ0v) is 13.0. The van der Waals surface area contributed by atoms with Gasteiger partial charge in [-0.05, 0) is 61.2 Å². The van der Waals surface area contributed by atoms with Gasteiger partial charge in [0.25, 0.3) is 0 Å². The fourth-order valence-corrected chi connectivity index (χ4v) is 2.24. The fraction of sp³-hybridized carbons (Fsp3) is 0.294. The maximum atomic E-state index is 13.8. The Hall–Kier alpha value is -1.58. The first-order valence-electron chi connectivity index (χ1n) is 6.97. The van der Waals surface area contributed by atoms with Crippen LogP contribution in [0.4, 0.5) is 4.39 Å². The molecule has 2 N–H and O–H groups in total. The lowest BCUT2D eigenvalue weighted by atomic mass is 10.0. The van der Waals surface area contributed by atoms with Crippen molar-refractivity contribution in [2.45, 2.75) is 32.7 Å². The predicted octanol–water partition coefficient (Wildman–Crippen LogP) is 4.86. The quantitative estimate of drug-likeness (QED) is 0.856. The van der Waals surface area contributed by atoms with Gasteiger partial charge in [0, 0.05) is 11.1 Å². The Labute approximate surface area is 129 Å². The molecule has 0 heterocycles. The van der Waals surface area contributed by atoms with Gasteiger partial charge >= 0.3 is 0 Å². The smallest absolute Gasteiger partial charge is 0.165 e. The van der Waals surface area contributed by atoms with E-state index in [0.717, 1.165) is 17.5 Å². The van der Waals surface area contributed by atoms with Crippen molar-refractivity contribution in [1.82, 2.24) is 0 Å². The third kappa shape index (κ3) is 4.19. The summed E-state index contributed by atoms with van der Waals surface area (Å²) in [5.41, 5.74) is 7.82. The topological polar surface area (TPSA) is 35.2 Å². The molecule has 2 nitrogen and oxygen atoms in total. The van der Waals surface area contributed by atoms with Crippen molar-refractivity contribution in [3.05, 3.63) is 58.4 Å². The highest BCUT2D eigenvalue weighted by atomic mass is 35.5. The second kappa shape index (κ2) is 6.92. The summed E-state index contributed by atoms with van der Waals surface area (Å²) >= 11 is 6.03. The van der Waals surface area contributed by atoms with Crippen LogP contribution in [0.25, 0.3) is 0 Å². The van der Waals surface area contributed by atoms with Crippen LogP contribution in [-0.2, 0) is 6.42 Å². The molecule has 0 bridgehead atoms. The minimum absolute atomic E-state index is 0.0215. The molecule has 2 rings (SSSR count). The second-order valence-corrected chi connectivity index (χ2v) is 5.60. The summed E-state index contributed by atoms with van der Waals surface area (Å²) < 4.78 is 19.6. The van der Waals surface area contributed by atoms with Crippen LogP contribution in [0, 0.1) is 12.7 Å². The molecule has 112 valence electrons. The van der Waals surface area contributed by atoms with E-state index in [4.69, 9.17) is 22.1 Å². The molecule has 1 atom stereocenters. The number of nitrogens with two attached hydrogens (primary N) is 1. The summed E-state index contributed by atoms with van der Waals surface area (Å²) in [5.74, 6) is 0.415. The maximum absolute atomic E-state index is 13.8. The number of halogens is 2. The van der Waals surface area contributed by atoms with Gasteiger partial charge in [-0.25, -0.2) is 4.39 Å².